The zero-order valence-corrected chi connectivity index (χ0v) is 25.3. The van der Waals surface area contributed by atoms with Gasteiger partial charge in [0.1, 0.15) is 5.82 Å². The van der Waals surface area contributed by atoms with Gasteiger partial charge >= 0.3 is 0 Å². The predicted octanol–water partition coefficient (Wildman–Crippen LogP) is 2.56. The summed E-state index contributed by atoms with van der Waals surface area (Å²) in [5, 5.41) is 11.4. The molecule has 3 fully saturated rings. The Morgan fingerprint density at radius 3 is 2.43 bits per heavy atom. The molecule has 3 aliphatic rings. The zero-order valence-electron chi connectivity index (χ0n) is 25.3. The van der Waals surface area contributed by atoms with Crippen molar-refractivity contribution in [1.29, 1.82) is 0 Å². The van der Waals surface area contributed by atoms with E-state index in [4.69, 9.17) is 4.74 Å². The predicted molar refractivity (Wildman–Crippen MR) is 165 cm³/mol. The first kappa shape index (κ1) is 30.4. The average Bonchev–Trinajstić information content (AvgIpc) is 3.04. The molecule has 234 valence electrons. The Morgan fingerprint density at radius 2 is 1.68 bits per heavy atom. The van der Waals surface area contributed by atoms with Gasteiger partial charge in [0.2, 0.25) is 5.91 Å². The van der Waals surface area contributed by atoms with Gasteiger partial charge in [-0.25, -0.2) is 9.49 Å². The highest BCUT2D eigenvalue weighted by Gasteiger charge is 2.30. The largest absolute Gasteiger partial charge is 0.375 e. The van der Waals surface area contributed by atoms with E-state index >= 15 is 0 Å². The number of fused-ring (bicyclic) bond motifs is 1. The first-order valence-electron chi connectivity index (χ1n) is 15.8. The van der Waals surface area contributed by atoms with Crippen LogP contribution in [0.3, 0.4) is 0 Å². The summed E-state index contributed by atoms with van der Waals surface area (Å²) >= 11 is 0. The number of aromatic nitrogens is 2. The molecule has 0 radical (unpaired) electrons. The lowest BCUT2D eigenvalue weighted by Crippen LogP contribution is -2.53. The molecule has 0 unspecified atom stereocenters. The third-order valence-electron chi connectivity index (χ3n) is 9.18. The molecule has 3 aliphatic heterocycles. The van der Waals surface area contributed by atoms with E-state index in [2.05, 4.69) is 27.3 Å². The Morgan fingerprint density at radius 1 is 0.955 bits per heavy atom. The van der Waals surface area contributed by atoms with Crippen LogP contribution in [0, 0.1) is 5.82 Å². The number of benzene rings is 2. The lowest BCUT2D eigenvalue weighted by molar-refractivity contribution is -0.135. The Hall–Kier alpha value is -3.67. The number of carbonyl (C=O) groups excluding carboxylic acids is 2. The number of H-pyrrole nitrogens is 1. The van der Waals surface area contributed by atoms with Crippen molar-refractivity contribution in [2.24, 2.45) is 0 Å². The second-order valence-corrected chi connectivity index (χ2v) is 12.3. The number of ether oxygens (including phenoxy) is 1. The standard InChI is InChI=1S/C33H41FN6O4/c1-22-18-25(8-11-35-22)44-24-9-12-38(13-10-24)21-31(41)39-14-16-40(17-15-39)33(43)28-19-23(6-7-29(28)34)20-30-26-4-2-3-5-27(26)32(42)37-36-30/h2-7,19,22,24-25,35H,8-18,20-21H2,1H3,(H,37,42)/t22-,25-/m1/s1. The van der Waals surface area contributed by atoms with Gasteiger partial charge < -0.3 is 19.9 Å². The first-order chi connectivity index (χ1) is 21.3. The Kier molecular flexibility index (Phi) is 9.34. The lowest BCUT2D eigenvalue weighted by Gasteiger charge is -2.38. The molecule has 0 bridgehead atoms. The maximum absolute atomic E-state index is 14.9. The maximum atomic E-state index is 14.9. The number of nitrogens with zero attached hydrogens (tertiary/aromatic N) is 4. The molecule has 0 saturated carbocycles. The fourth-order valence-electron chi connectivity index (χ4n) is 6.65. The summed E-state index contributed by atoms with van der Waals surface area (Å²) in [5.41, 5.74) is 1.09. The average molecular weight is 605 g/mol. The van der Waals surface area contributed by atoms with Crippen LogP contribution in [0.4, 0.5) is 4.39 Å². The summed E-state index contributed by atoms with van der Waals surface area (Å²) in [4.78, 5) is 44.2. The van der Waals surface area contributed by atoms with Crippen molar-refractivity contribution >= 4 is 22.6 Å². The maximum Gasteiger partial charge on any atom is 0.272 e. The van der Waals surface area contributed by atoms with Crippen molar-refractivity contribution in [3.8, 4) is 0 Å². The minimum absolute atomic E-state index is 0.0000405. The first-order valence-corrected chi connectivity index (χ1v) is 15.8. The van der Waals surface area contributed by atoms with E-state index in [1.165, 1.54) is 6.07 Å². The molecule has 2 aromatic carbocycles. The van der Waals surface area contributed by atoms with Crippen molar-refractivity contribution < 1.29 is 18.7 Å². The van der Waals surface area contributed by atoms with Gasteiger partial charge in [-0.2, -0.15) is 5.10 Å². The van der Waals surface area contributed by atoms with Crippen LogP contribution >= 0.6 is 0 Å². The van der Waals surface area contributed by atoms with Crippen molar-refractivity contribution in [3.05, 3.63) is 75.5 Å². The minimum Gasteiger partial charge on any atom is -0.375 e. The molecule has 0 spiro atoms. The second-order valence-electron chi connectivity index (χ2n) is 12.3. The van der Waals surface area contributed by atoms with Crippen molar-refractivity contribution in [2.75, 3.05) is 52.4 Å². The summed E-state index contributed by atoms with van der Waals surface area (Å²) in [6, 6.07) is 12.2. The molecule has 44 heavy (non-hydrogen) atoms. The van der Waals surface area contributed by atoms with Crippen LogP contribution in [-0.2, 0) is 16.0 Å². The van der Waals surface area contributed by atoms with Gasteiger partial charge in [-0.15, -0.1) is 0 Å². The summed E-state index contributed by atoms with van der Waals surface area (Å²) in [5.74, 6) is -0.906. The molecule has 6 rings (SSSR count). The number of rotatable bonds is 7. The van der Waals surface area contributed by atoms with E-state index < -0.39 is 5.82 Å². The number of hydrogen-bond donors (Lipinski definition) is 2. The number of amides is 2. The van der Waals surface area contributed by atoms with Crippen molar-refractivity contribution in [1.82, 2.24) is 30.2 Å². The van der Waals surface area contributed by atoms with Gasteiger partial charge in [0.05, 0.1) is 35.4 Å². The molecule has 2 atom stereocenters. The minimum atomic E-state index is -0.585. The van der Waals surface area contributed by atoms with E-state index in [1.807, 2.05) is 17.0 Å². The molecular weight excluding hydrogens is 563 g/mol. The van der Waals surface area contributed by atoms with Crippen LogP contribution in [0.2, 0.25) is 0 Å². The second kappa shape index (κ2) is 13.5. The molecule has 2 N–H and O–H groups in total. The highest BCUT2D eigenvalue weighted by atomic mass is 19.1. The van der Waals surface area contributed by atoms with Crippen LogP contribution in [0.1, 0.15) is 54.2 Å². The van der Waals surface area contributed by atoms with E-state index in [1.54, 1.807) is 29.2 Å². The smallest absolute Gasteiger partial charge is 0.272 e. The molecule has 1 aromatic heterocycles. The highest BCUT2D eigenvalue weighted by Crippen LogP contribution is 2.22. The van der Waals surface area contributed by atoms with Gasteiger partial charge in [0.15, 0.2) is 0 Å². The van der Waals surface area contributed by atoms with Crippen LogP contribution in [0.15, 0.2) is 47.3 Å². The number of hydrogen-bond acceptors (Lipinski definition) is 7. The fraction of sp³-hybridized carbons (Fsp3) is 0.515. The lowest BCUT2D eigenvalue weighted by atomic mass is 10.0. The summed E-state index contributed by atoms with van der Waals surface area (Å²) in [6.45, 7) is 6.81. The van der Waals surface area contributed by atoms with Crippen LogP contribution < -0.4 is 10.9 Å². The number of nitrogens with one attached hydrogen (secondary N) is 2. The van der Waals surface area contributed by atoms with E-state index in [-0.39, 0.29) is 29.0 Å². The number of piperidine rings is 2. The van der Waals surface area contributed by atoms with Gasteiger partial charge in [-0.3, -0.25) is 19.3 Å². The quantitative estimate of drug-likeness (QED) is 0.427. The van der Waals surface area contributed by atoms with Crippen LogP contribution in [0.5, 0.6) is 0 Å². The molecule has 2 amide bonds. The summed E-state index contributed by atoms with van der Waals surface area (Å²) < 4.78 is 21.2. The van der Waals surface area contributed by atoms with E-state index in [0.717, 1.165) is 50.7 Å². The fourth-order valence-corrected chi connectivity index (χ4v) is 6.65. The molecule has 4 heterocycles. The molecule has 3 aromatic rings. The topological polar surface area (TPSA) is 111 Å². The van der Waals surface area contributed by atoms with E-state index in [9.17, 15) is 18.8 Å². The Labute approximate surface area is 256 Å². The SMILES string of the molecule is C[C@@H]1C[C@H](OC2CCN(CC(=O)N3CCN(C(=O)c4cc(Cc5n[nH]c(=O)c6ccccc56)ccc4F)CC3)CC2)CCN1. The summed E-state index contributed by atoms with van der Waals surface area (Å²) in [7, 11) is 0. The monoisotopic (exact) mass is 604 g/mol. The Bertz CT molecular complexity index is 1550. The van der Waals surface area contributed by atoms with Gasteiger partial charge in [-0.05, 0) is 62.9 Å². The van der Waals surface area contributed by atoms with Crippen LogP contribution in [0.25, 0.3) is 10.8 Å². The number of aromatic amines is 1. The molecule has 10 nitrogen and oxygen atoms in total. The number of halogens is 1. The molecule has 11 heteroatoms. The molecule has 0 aliphatic carbocycles. The number of piperazine rings is 1. The highest BCUT2D eigenvalue weighted by molar-refractivity contribution is 5.95. The normalized spacial score (nSPS) is 22.0. The summed E-state index contributed by atoms with van der Waals surface area (Å²) in [6.07, 6.45) is 4.91. The molecular formula is C33H41FN6O4. The van der Waals surface area contributed by atoms with Crippen LogP contribution in [-0.4, -0.2) is 107 Å². The number of carbonyl (C=O) groups is 2. The number of likely N-dealkylation sites (tertiary alicyclic amines) is 1. The van der Waals surface area contributed by atoms with E-state index in [0.29, 0.717) is 67.9 Å². The third kappa shape index (κ3) is 7.00. The molecule has 3 saturated heterocycles. The van der Waals surface area contributed by atoms with Gasteiger partial charge in [0.25, 0.3) is 11.5 Å². The van der Waals surface area contributed by atoms with Gasteiger partial charge in [-0.1, -0.05) is 24.3 Å². The van der Waals surface area contributed by atoms with Gasteiger partial charge in [0, 0.05) is 57.1 Å². The van der Waals surface area contributed by atoms with Crippen molar-refractivity contribution in [3.63, 3.8) is 0 Å². The third-order valence-corrected chi connectivity index (χ3v) is 9.18. The van der Waals surface area contributed by atoms with Crippen molar-refractivity contribution in [2.45, 2.75) is 57.3 Å². The Balaban J connectivity index is 0.996. The zero-order chi connectivity index (χ0) is 30.6.